The van der Waals surface area contributed by atoms with Crippen LogP contribution >= 0.6 is 22.7 Å². The second kappa shape index (κ2) is 11.4. The van der Waals surface area contributed by atoms with Crippen molar-refractivity contribution < 1.29 is 14.7 Å². The van der Waals surface area contributed by atoms with Gasteiger partial charge in [-0.25, -0.2) is 9.78 Å². The van der Waals surface area contributed by atoms with E-state index in [4.69, 9.17) is 0 Å². The highest BCUT2D eigenvalue weighted by Gasteiger charge is 2.30. The molecule has 0 amide bonds. The zero-order valence-electron chi connectivity index (χ0n) is 21.5. The number of nitrogens with zero attached hydrogens (tertiary/aromatic N) is 2. The number of benzene rings is 1. The van der Waals surface area contributed by atoms with Crippen LogP contribution in [0.5, 0.6) is 0 Å². The molecule has 2 aromatic heterocycles. The van der Waals surface area contributed by atoms with Gasteiger partial charge in [0.1, 0.15) is 10.6 Å². The van der Waals surface area contributed by atoms with E-state index < -0.39 is 5.97 Å². The molecule has 5 nitrogen and oxygen atoms in total. The topological polar surface area (TPSA) is 70.5 Å². The van der Waals surface area contributed by atoms with E-state index in [0.717, 1.165) is 53.5 Å². The molecule has 0 bridgehead atoms. The highest BCUT2D eigenvalue weighted by Crippen LogP contribution is 2.43. The van der Waals surface area contributed by atoms with Crippen LogP contribution in [0.1, 0.15) is 77.2 Å². The molecule has 1 fully saturated rings. The molecule has 5 rings (SSSR count). The minimum absolute atomic E-state index is 0.00391. The van der Waals surface area contributed by atoms with Crippen LogP contribution in [0.2, 0.25) is 0 Å². The fourth-order valence-electron chi connectivity index (χ4n) is 5.78. The number of carbonyl (C=O) groups is 2. The molecule has 0 saturated heterocycles. The molecule has 37 heavy (non-hydrogen) atoms. The van der Waals surface area contributed by atoms with Crippen molar-refractivity contribution in [3.8, 4) is 10.4 Å². The van der Waals surface area contributed by atoms with Gasteiger partial charge >= 0.3 is 5.97 Å². The summed E-state index contributed by atoms with van der Waals surface area (Å²) in [6.45, 7) is 7.49. The summed E-state index contributed by atoms with van der Waals surface area (Å²) in [4.78, 5) is 33.0. The van der Waals surface area contributed by atoms with Crippen LogP contribution in [0.3, 0.4) is 0 Å². The maximum atomic E-state index is 12.6. The number of hydrogen-bond donors (Lipinski definition) is 1. The molecule has 0 radical (unpaired) electrons. The molecule has 7 heteroatoms. The van der Waals surface area contributed by atoms with Gasteiger partial charge < -0.3 is 5.11 Å². The lowest BCUT2D eigenvalue weighted by molar-refractivity contribution is 0.0701. The number of aromatic nitrogens is 1. The Morgan fingerprint density at radius 3 is 2.68 bits per heavy atom. The van der Waals surface area contributed by atoms with Crippen LogP contribution in [0.15, 0.2) is 46.8 Å². The Morgan fingerprint density at radius 2 is 1.97 bits per heavy atom. The number of carboxylic acids is 1. The molecular weight excluding hydrogens is 500 g/mol. The lowest BCUT2D eigenvalue weighted by Crippen LogP contribution is -2.34. The minimum atomic E-state index is -0.858. The number of hydrogen-bond acceptors (Lipinski definition) is 6. The molecule has 2 aliphatic rings. The fourth-order valence-corrected chi connectivity index (χ4v) is 7.36. The van der Waals surface area contributed by atoms with E-state index in [1.165, 1.54) is 59.5 Å². The highest BCUT2D eigenvalue weighted by atomic mass is 32.1. The molecule has 1 saturated carbocycles. The van der Waals surface area contributed by atoms with Gasteiger partial charge in [-0.1, -0.05) is 44.9 Å². The molecule has 3 heterocycles. The Hall–Kier alpha value is -2.61. The summed E-state index contributed by atoms with van der Waals surface area (Å²) in [5.41, 5.74) is 7.68. The SMILES string of the molecule is CCN1CCC(c2cc(-c3cccc(CC(=O)c4cscn4)c3)sc2C(=O)O)=C(C2CCC(C)CC2)C1. The first-order valence-corrected chi connectivity index (χ1v) is 15.0. The van der Waals surface area contributed by atoms with Gasteiger partial charge in [0.2, 0.25) is 0 Å². The number of carbonyl (C=O) groups excluding carboxylic acids is 1. The average molecular weight is 535 g/mol. The molecule has 0 unspecified atom stereocenters. The molecule has 0 spiro atoms. The Morgan fingerprint density at radius 1 is 1.16 bits per heavy atom. The quantitative estimate of drug-likeness (QED) is 0.307. The number of thiazole rings is 1. The fraction of sp³-hybridized carbons (Fsp3) is 0.433. The maximum Gasteiger partial charge on any atom is 0.346 e. The van der Waals surface area contributed by atoms with E-state index in [1.54, 1.807) is 10.9 Å². The Kier molecular flexibility index (Phi) is 8.03. The van der Waals surface area contributed by atoms with Gasteiger partial charge in [0.15, 0.2) is 5.78 Å². The first-order chi connectivity index (χ1) is 17.9. The summed E-state index contributed by atoms with van der Waals surface area (Å²) in [7, 11) is 0. The molecule has 1 aromatic carbocycles. The molecule has 1 aliphatic heterocycles. The van der Waals surface area contributed by atoms with Crippen molar-refractivity contribution in [2.75, 3.05) is 19.6 Å². The number of thiophene rings is 1. The van der Waals surface area contributed by atoms with Crippen LogP contribution in [0.25, 0.3) is 16.0 Å². The van der Waals surface area contributed by atoms with Crippen molar-refractivity contribution in [3.63, 3.8) is 0 Å². The van der Waals surface area contributed by atoms with E-state index in [-0.39, 0.29) is 12.2 Å². The predicted molar refractivity (Wildman–Crippen MR) is 152 cm³/mol. The first-order valence-electron chi connectivity index (χ1n) is 13.2. The lowest BCUT2D eigenvalue weighted by Gasteiger charge is -2.36. The summed E-state index contributed by atoms with van der Waals surface area (Å²) < 4.78 is 0. The monoisotopic (exact) mass is 534 g/mol. The van der Waals surface area contributed by atoms with Crippen molar-refractivity contribution in [1.82, 2.24) is 9.88 Å². The zero-order valence-corrected chi connectivity index (χ0v) is 23.2. The maximum absolute atomic E-state index is 12.6. The molecular formula is C30H34N2O3S2. The van der Waals surface area contributed by atoms with Crippen LogP contribution in [0.4, 0.5) is 0 Å². The summed E-state index contributed by atoms with van der Waals surface area (Å²) in [6, 6.07) is 10.0. The van der Waals surface area contributed by atoms with Gasteiger partial charge in [0.05, 0.1) is 5.51 Å². The van der Waals surface area contributed by atoms with Crippen molar-refractivity contribution in [3.05, 3.63) is 68.5 Å². The van der Waals surface area contributed by atoms with Crippen molar-refractivity contribution >= 4 is 40.0 Å². The van der Waals surface area contributed by atoms with Gasteiger partial charge in [-0.15, -0.1) is 22.7 Å². The second-order valence-corrected chi connectivity index (χ2v) is 12.2. The number of aromatic carboxylic acids is 1. The van der Waals surface area contributed by atoms with Gasteiger partial charge in [-0.3, -0.25) is 9.69 Å². The van der Waals surface area contributed by atoms with E-state index in [9.17, 15) is 14.7 Å². The van der Waals surface area contributed by atoms with Gasteiger partial charge in [-0.2, -0.15) is 0 Å². The number of carboxylic acid groups (broad SMARTS) is 1. The van der Waals surface area contributed by atoms with Crippen LogP contribution in [-0.2, 0) is 6.42 Å². The molecule has 194 valence electrons. The molecule has 1 aliphatic carbocycles. The normalized spacial score (nSPS) is 20.8. The van der Waals surface area contributed by atoms with Gasteiger partial charge in [0, 0.05) is 35.3 Å². The standard InChI is InChI=1S/C30H34N2O3S2/c1-3-32-12-11-23(25(16-32)21-9-7-19(2)8-10-21)24-15-28(37-29(24)30(34)35)22-6-4-5-20(13-22)14-27(33)26-17-36-18-31-26/h4-6,13,15,17-19,21H,3,7-12,14,16H2,1-2H3,(H,34,35). The van der Waals surface area contributed by atoms with Gasteiger partial charge in [0.25, 0.3) is 0 Å². The van der Waals surface area contributed by atoms with Crippen molar-refractivity contribution in [1.29, 1.82) is 0 Å². The second-order valence-electron chi connectivity index (χ2n) is 10.4. The first kappa shape index (κ1) is 26.0. The van der Waals surface area contributed by atoms with Crippen molar-refractivity contribution in [2.24, 2.45) is 11.8 Å². The third kappa shape index (κ3) is 5.79. The largest absolute Gasteiger partial charge is 0.477 e. The summed E-state index contributed by atoms with van der Waals surface area (Å²) in [5, 5.41) is 12.0. The molecule has 1 N–H and O–H groups in total. The predicted octanol–water partition coefficient (Wildman–Crippen LogP) is 7.30. The van der Waals surface area contributed by atoms with E-state index in [1.807, 2.05) is 24.3 Å². The zero-order chi connectivity index (χ0) is 25.9. The third-order valence-corrected chi connectivity index (χ3v) is 9.72. The lowest BCUT2D eigenvalue weighted by atomic mass is 9.75. The molecule has 3 aromatic rings. The number of Topliss-reactive ketones (excluding diaryl/α,β-unsaturated/α-hetero) is 1. The van der Waals surface area contributed by atoms with E-state index >= 15 is 0 Å². The Labute approximate surface area is 226 Å². The number of likely N-dealkylation sites (N-methyl/N-ethyl adjacent to an activating group) is 1. The van der Waals surface area contributed by atoms with Crippen molar-refractivity contribution in [2.45, 2.75) is 52.4 Å². The highest BCUT2D eigenvalue weighted by molar-refractivity contribution is 7.17. The summed E-state index contributed by atoms with van der Waals surface area (Å²) in [6.07, 6.45) is 6.08. The van der Waals surface area contributed by atoms with E-state index in [2.05, 4.69) is 29.8 Å². The Balaban J connectivity index is 1.50. The molecule has 0 atom stereocenters. The van der Waals surface area contributed by atoms with Crippen LogP contribution in [0, 0.1) is 11.8 Å². The smallest absolute Gasteiger partial charge is 0.346 e. The summed E-state index contributed by atoms with van der Waals surface area (Å²) in [5.74, 6) is 0.465. The van der Waals surface area contributed by atoms with Gasteiger partial charge in [-0.05, 0) is 72.0 Å². The minimum Gasteiger partial charge on any atom is -0.477 e. The number of ketones is 1. The third-order valence-electron chi connectivity index (χ3n) is 7.96. The Bertz CT molecular complexity index is 1300. The van der Waals surface area contributed by atoms with E-state index in [0.29, 0.717) is 16.5 Å². The van der Waals surface area contributed by atoms with Crippen LogP contribution < -0.4 is 0 Å². The van der Waals surface area contributed by atoms with Crippen LogP contribution in [-0.4, -0.2) is 46.4 Å². The average Bonchev–Trinajstić information content (AvgIpc) is 3.60. The number of rotatable bonds is 8. The summed E-state index contributed by atoms with van der Waals surface area (Å²) >= 11 is 2.77.